The van der Waals surface area contributed by atoms with Gasteiger partial charge in [0.05, 0.1) is 0 Å². The Hall–Kier alpha value is -2.10. The predicted molar refractivity (Wildman–Crippen MR) is 68.4 cm³/mol. The first-order valence-corrected chi connectivity index (χ1v) is 5.82. The Morgan fingerprint density at radius 2 is 1.88 bits per heavy atom. The third-order valence-electron chi connectivity index (χ3n) is 2.61. The van der Waals surface area contributed by atoms with E-state index in [1.807, 2.05) is 36.4 Å². The minimum Gasteiger partial charge on any atom is -0.367 e. The molecule has 1 saturated carbocycles. The van der Waals surface area contributed by atoms with Gasteiger partial charge in [0.2, 0.25) is 5.95 Å². The summed E-state index contributed by atoms with van der Waals surface area (Å²) in [5, 5.41) is 6.53. The van der Waals surface area contributed by atoms with E-state index >= 15 is 0 Å². The smallest absolute Gasteiger partial charge is 0.229 e. The lowest BCUT2D eigenvalue weighted by atomic mass is 10.3. The fourth-order valence-corrected chi connectivity index (χ4v) is 1.59. The lowest BCUT2D eigenvalue weighted by Gasteiger charge is -2.07. The van der Waals surface area contributed by atoms with Crippen LogP contribution in [0.3, 0.4) is 0 Å². The molecule has 1 aromatic carbocycles. The van der Waals surface area contributed by atoms with Crippen molar-refractivity contribution in [3.8, 4) is 0 Å². The van der Waals surface area contributed by atoms with Crippen molar-refractivity contribution >= 4 is 17.5 Å². The molecule has 0 unspecified atom stereocenters. The van der Waals surface area contributed by atoms with Gasteiger partial charge in [-0.25, -0.2) is 4.98 Å². The summed E-state index contributed by atoms with van der Waals surface area (Å²) >= 11 is 0. The summed E-state index contributed by atoms with van der Waals surface area (Å²) in [6.45, 7) is 0. The zero-order valence-corrected chi connectivity index (χ0v) is 9.43. The summed E-state index contributed by atoms with van der Waals surface area (Å²) in [4.78, 5) is 8.62. The van der Waals surface area contributed by atoms with Gasteiger partial charge < -0.3 is 10.6 Å². The molecule has 0 saturated heterocycles. The second-order valence-electron chi connectivity index (χ2n) is 4.18. The van der Waals surface area contributed by atoms with Crippen LogP contribution in [0.4, 0.5) is 17.5 Å². The third kappa shape index (κ3) is 2.72. The predicted octanol–water partition coefficient (Wildman–Crippen LogP) is 2.79. The van der Waals surface area contributed by atoms with Gasteiger partial charge >= 0.3 is 0 Å². The molecule has 4 nitrogen and oxygen atoms in total. The Bertz CT molecular complexity index is 494. The van der Waals surface area contributed by atoms with E-state index < -0.39 is 0 Å². The highest BCUT2D eigenvalue weighted by molar-refractivity contribution is 5.54. The molecule has 0 radical (unpaired) electrons. The minimum atomic E-state index is 0.606. The molecule has 1 aromatic heterocycles. The standard InChI is InChI=1S/C13H14N4/c1-2-4-10(5-3-1)16-13-14-9-8-12(17-13)15-11-6-7-11/h1-5,8-9,11H,6-7H2,(H2,14,15,16,17). The Labute approximate surface area is 100 Å². The molecular formula is C13H14N4. The maximum Gasteiger partial charge on any atom is 0.229 e. The van der Waals surface area contributed by atoms with Crippen molar-refractivity contribution < 1.29 is 0 Å². The average Bonchev–Trinajstić information content (AvgIpc) is 3.15. The summed E-state index contributed by atoms with van der Waals surface area (Å²) in [5.41, 5.74) is 0.996. The second-order valence-corrected chi connectivity index (χ2v) is 4.18. The molecule has 0 bridgehead atoms. The van der Waals surface area contributed by atoms with E-state index in [2.05, 4.69) is 20.6 Å². The summed E-state index contributed by atoms with van der Waals surface area (Å²) in [7, 11) is 0. The summed E-state index contributed by atoms with van der Waals surface area (Å²) < 4.78 is 0. The zero-order valence-electron chi connectivity index (χ0n) is 9.43. The van der Waals surface area contributed by atoms with Crippen LogP contribution < -0.4 is 10.6 Å². The van der Waals surface area contributed by atoms with E-state index in [0.29, 0.717) is 12.0 Å². The van der Waals surface area contributed by atoms with Gasteiger partial charge in [-0.2, -0.15) is 4.98 Å². The van der Waals surface area contributed by atoms with Crippen molar-refractivity contribution in [3.63, 3.8) is 0 Å². The topological polar surface area (TPSA) is 49.8 Å². The average molecular weight is 226 g/mol. The number of nitrogens with one attached hydrogen (secondary N) is 2. The summed E-state index contributed by atoms with van der Waals surface area (Å²) in [5.74, 6) is 1.52. The number of para-hydroxylation sites is 1. The van der Waals surface area contributed by atoms with Crippen LogP contribution in [-0.4, -0.2) is 16.0 Å². The number of nitrogens with zero attached hydrogens (tertiary/aromatic N) is 2. The molecule has 0 amide bonds. The summed E-state index contributed by atoms with van der Waals surface area (Å²) in [6.07, 6.45) is 4.25. The highest BCUT2D eigenvalue weighted by Crippen LogP contribution is 2.24. The quantitative estimate of drug-likeness (QED) is 0.841. The van der Waals surface area contributed by atoms with Gasteiger partial charge in [-0.15, -0.1) is 0 Å². The SMILES string of the molecule is c1ccc(Nc2nccc(NC3CC3)n2)cc1. The fourth-order valence-electron chi connectivity index (χ4n) is 1.59. The van der Waals surface area contributed by atoms with Crippen LogP contribution in [-0.2, 0) is 0 Å². The first-order valence-electron chi connectivity index (χ1n) is 5.82. The van der Waals surface area contributed by atoms with Gasteiger partial charge in [0.25, 0.3) is 0 Å². The van der Waals surface area contributed by atoms with Gasteiger partial charge in [-0.1, -0.05) is 18.2 Å². The van der Waals surface area contributed by atoms with Crippen molar-refractivity contribution in [3.05, 3.63) is 42.6 Å². The molecule has 0 spiro atoms. The number of anilines is 3. The minimum absolute atomic E-state index is 0.606. The first-order chi connectivity index (χ1) is 8.40. The van der Waals surface area contributed by atoms with E-state index in [9.17, 15) is 0 Å². The van der Waals surface area contributed by atoms with E-state index in [-0.39, 0.29) is 0 Å². The van der Waals surface area contributed by atoms with Crippen LogP contribution in [0.25, 0.3) is 0 Å². The molecule has 86 valence electrons. The molecule has 1 aliphatic carbocycles. The molecule has 2 N–H and O–H groups in total. The highest BCUT2D eigenvalue weighted by Gasteiger charge is 2.21. The fraction of sp³-hybridized carbons (Fsp3) is 0.231. The summed E-state index contributed by atoms with van der Waals surface area (Å²) in [6, 6.07) is 12.4. The third-order valence-corrected chi connectivity index (χ3v) is 2.61. The normalized spacial score (nSPS) is 14.4. The Balaban J connectivity index is 1.73. The molecular weight excluding hydrogens is 212 g/mol. The molecule has 4 heteroatoms. The van der Waals surface area contributed by atoms with E-state index in [4.69, 9.17) is 0 Å². The number of rotatable bonds is 4. The van der Waals surface area contributed by atoms with Crippen LogP contribution in [0.1, 0.15) is 12.8 Å². The van der Waals surface area contributed by atoms with Gasteiger partial charge in [0.15, 0.2) is 0 Å². The van der Waals surface area contributed by atoms with Crippen LogP contribution in [0.15, 0.2) is 42.6 Å². The second kappa shape index (κ2) is 4.41. The number of hydrogen-bond donors (Lipinski definition) is 2. The molecule has 17 heavy (non-hydrogen) atoms. The molecule has 1 heterocycles. The van der Waals surface area contributed by atoms with Gasteiger partial charge in [-0.3, -0.25) is 0 Å². The van der Waals surface area contributed by atoms with Crippen molar-refractivity contribution in [2.45, 2.75) is 18.9 Å². The lowest BCUT2D eigenvalue weighted by molar-refractivity contribution is 1.08. The number of hydrogen-bond acceptors (Lipinski definition) is 4. The molecule has 0 atom stereocenters. The Kier molecular flexibility index (Phi) is 2.62. The maximum absolute atomic E-state index is 4.41. The van der Waals surface area contributed by atoms with E-state index in [0.717, 1.165) is 11.5 Å². The van der Waals surface area contributed by atoms with Crippen LogP contribution >= 0.6 is 0 Å². The maximum atomic E-state index is 4.41. The monoisotopic (exact) mass is 226 g/mol. The highest BCUT2D eigenvalue weighted by atomic mass is 15.1. The van der Waals surface area contributed by atoms with Gasteiger partial charge in [0.1, 0.15) is 5.82 Å². The van der Waals surface area contributed by atoms with E-state index in [1.54, 1.807) is 6.20 Å². The largest absolute Gasteiger partial charge is 0.367 e. The Morgan fingerprint density at radius 1 is 1.06 bits per heavy atom. The molecule has 2 aromatic rings. The molecule has 0 aliphatic heterocycles. The van der Waals surface area contributed by atoms with E-state index in [1.165, 1.54) is 12.8 Å². The van der Waals surface area contributed by atoms with Crippen molar-refractivity contribution in [2.75, 3.05) is 10.6 Å². The number of benzene rings is 1. The van der Waals surface area contributed by atoms with Crippen LogP contribution in [0, 0.1) is 0 Å². The lowest BCUT2D eigenvalue weighted by Crippen LogP contribution is -2.05. The van der Waals surface area contributed by atoms with Crippen molar-refractivity contribution in [1.29, 1.82) is 0 Å². The molecule has 3 rings (SSSR count). The Morgan fingerprint density at radius 3 is 2.65 bits per heavy atom. The number of aromatic nitrogens is 2. The molecule has 1 fully saturated rings. The van der Waals surface area contributed by atoms with Crippen LogP contribution in [0.5, 0.6) is 0 Å². The van der Waals surface area contributed by atoms with Crippen molar-refractivity contribution in [2.24, 2.45) is 0 Å². The zero-order chi connectivity index (χ0) is 11.5. The van der Waals surface area contributed by atoms with Crippen LogP contribution in [0.2, 0.25) is 0 Å². The van der Waals surface area contributed by atoms with Gasteiger partial charge in [-0.05, 0) is 31.0 Å². The van der Waals surface area contributed by atoms with Crippen molar-refractivity contribution in [1.82, 2.24) is 9.97 Å². The first kappa shape index (κ1) is 10.1. The van der Waals surface area contributed by atoms with Gasteiger partial charge in [0, 0.05) is 17.9 Å². The molecule has 1 aliphatic rings.